The Kier molecular flexibility index (Phi) is 5.34. The summed E-state index contributed by atoms with van der Waals surface area (Å²) in [5.74, 6) is 0. The molecule has 0 spiro atoms. The Labute approximate surface area is 134 Å². The van der Waals surface area contributed by atoms with Crippen molar-refractivity contribution in [3.05, 3.63) is 23.8 Å². The molecule has 1 aliphatic rings. The van der Waals surface area contributed by atoms with E-state index in [1.165, 1.54) is 6.07 Å². The predicted octanol–water partition coefficient (Wildman–Crippen LogP) is -1.31. The van der Waals surface area contributed by atoms with E-state index in [0.717, 1.165) is 6.07 Å². The Balaban J connectivity index is 0.00000128. The average molecular weight is 255 g/mol. The van der Waals surface area contributed by atoms with E-state index in [1.54, 1.807) is 6.07 Å². The van der Waals surface area contributed by atoms with E-state index in [-0.39, 0.29) is 63.6 Å². The van der Waals surface area contributed by atoms with Crippen LogP contribution in [-0.4, -0.2) is 20.1 Å². The van der Waals surface area contributed by atoms with Crippen LogP contribution in [0.15, 0.2) is 18.2 Å². The zero-order chi connectivity index (χ0) is 10.9. The van der Waals surface area contributed by atoms with Gasteiger partial charge in [-0.2, -0.15) is 0 Å². The molecule has 7 heteroatoms. The molecule has 16 heavy (non-hydrogen) atoms. The first-order valence-corrected chi connectivity index (χ1v) is 4.72. The van der Waals surface area contributed by atoms with E-state index in [2.05, 4.69) is 5.32 Å². The fourth-order valence-electron chi connectivity index (χ4n) is 1.67. The minimum Gasteiger partial charge on any atom is -0.445 e. The molecule has 0 atom stereocenters. The quantitative estimate of drug-likeness (QED) is 0.629. The second kappa shape index (κ2) is 5.88. The molecule has 1 N–H and O–H groups in total. The Hall–Kier alpha value is 0.471. The molecule has 1 aromatic rings. The maximum Gasteiger partial charge on any atom is 1.00 e. The third-order valence-electron chi connectivity index (χ3n) is 2.37. The molecule has 0 amide bonds. The first-order chi connectivity index (χ1) is 7.09. The summed E-state index contributed by atoms with van der Waals surface area (Å²) >= 11 is 0. The summed E-state index contributed by atoms with van der Waals surface area (Å²) in [5.41, 5.74) is 0.202. The fourth-order valence-corrected chi connectivity index (χ4v) is 1.67. The second-order valence-corrected chi connectivity index (χ2v) is 3.43. The fraction of sp³-hybridized carbons (Fsp3) is 0.333. The number of anilines is 1. The van der Waals surface area contributed by atoms with Crippen LogP contribution in [0.3, 0.4) is 0 Å². The van der Waals surface area contributed by atoms with Gasteiger partial charge in [0.25, 0.3) is 0 Å². The van der Waals surface area contributed by atoms with Gasteiger partial charge >= 0.3 is 58.4 Å². The standard InChI is InChI=1S/C9H10BF3NO.K/c11-10(12,13)8-2-1-3-9-7(8)6-15-5-4-14-9;/h1-3,14H,4-6H2;/q-1;+1. The van der Waals surface area contributed by atoms with E-state index in [4.69, 9.17) is 4.74 Å². The maximum atomic E-state index is 12.7. The molecule has 0 radical (unpaired) electrons. The van der Waals surface area contributed by atoms with Crippen LogP contribution in [0.2, 0.25) is 0 Å². The van der Waals surface area contributed by atoms with Gasteiger partial charge < -0.3 is 23.0 Å². The number of fused-ring (bicyclic) bond motifs is 1. The minimum absolute atomic E-state index is 0. The van der Waals surface area contributed by atoms with Crippen LogP contribution < -0.4 is 62.2 Å². The zero-order valence-corrected chi connectivity index (χ0v) is 12.1. The number of rotatable bonds is 1. The van der Waals surface area contributed by atoms with Gasteiger partial charge in [-0.1, -0.05) is 12.1 Å². The SMILES string of the molecule is F[B-](F)(F)c1cccc2c1COCCN2.[K+]. The molecule has 0 saturated heterocycles. The normalized spacial score (nSPS) is 15.4. The van der Waals surface area contributed by atoms with Gasteiger partial charge in [-0.3, -0.25) is 0 Å². The van der Waals surface area contributed by atoms with Gasteiger partial charge in [0.1, 0.15) is 0 Å². The molecule has 0 saturated carbocycles. The summed E-state index contributed by atoms with van der Waals surface area (Å²) < 4.78 is 43.2. The number of hydrogen-bond donors (Lipinski definition) is 1. The van der Waals surface area contributed by atoms with Crippen LogP contribution in [-0.2, 0) is 11.3 Å². The monoisotopic (exact) mass is 255 g/mol. The number of hydrogen-bond acceptors (Lipinski definition) is 2. The van der Waals surface area contributed by atoms with Crippen LogP contribution >= 0.6 is 0 Å². The number of benzene rings is 1. The topological polar surface area (TPSA) is 21.3 Å². The largest absolute Gasteiger partial charge is 1.00 e. The second-order valence-electron chi connectivity index (χ2n) is 3.43. The summed E-state index contributed by atoms with van der Waals surface area (Å²) in [5, 5.41) is 2.92. The van der Waals surface area contributed by atoms with E-state index in [0.29, 0.717) is 18.8 Å². The number of nitrogens with one attached hydrogen (secondary N) is 1. The van der Waals surface area contributed by atoms with Crippen LogP contribution in [0.1, 0.15) is 5.56 Å². The van der Waals surface area contributed by atoms with Crippen LogP contribution in [0.5, 0.6) is 0 Å². The zero-order valence-electron chi connectivity index (χ0n) is 8.97. The van der Waals surface area contributed by atoms with Crippen molar-refractivity contribution in [1.82, 2.24) is 0 Å². The van der Waals surface area contributed by atoms with Crippen molar-refractivity contribution in [3.8, 4) is 0 Å². The van der Waals surface area contributed by atoms with Crippen molar-refractivity contribution >= 4 is 18.1 Å². The van der Waals surface area contributed by atoms with Gasteiger partial charge in [-0.15, -0.1) is 5.46 Å². The van der Waals surface area contributed by atoms with Crippen LogP contribution in [0.4, 0.5) is 18.6 Å². The first-order valence-electron chi connectivity index (χ1n) is 4.72. The molecule has 0 unspecified atom stereocenters. The summed E-state index contributed by atoms with van der Waals surface area (Å²) in [4.78, 5) is 0. The Morgan fingerprint density at radius 1 is 1.25 bits per heavy atom. The van der Waals surface area contributed by atoms with Crippen molar-refractivity contribution in [1.29, 1.82) is 0 Å². The first kappa shape index (κ1) is 14.5. The average Bonchev–Trinajstić information content (AvgIpc) is 2.39. The molecular weight excluding hydrogens is 245 g/mol. The maximum absolute atomic E-state index is 12.7. The smallest absolute Gasteiger partial charge is 0.445 e. The molecule has 0 fully saturated rings. The van der Waals surface area contributed by atoms with Gasteiger partial charge in [0.05, 0.1) is 13.2 Å². The predicted molar refractivity (Wildman–Crippen MR) is 53.3 cm³/mol. The molecule has 0 aliphatic carbocycles. The Morgan fingerprint density at radius 2 is 2.00 bits per heavy atom. The van der Waals surface area contributed by atoms with Gasteiger partial charge in [0.15, 0.2) is 0 Å². The van der Waals surface area contributed by atoms with Gasteiger partial charge in [-0.05, 0) is 11.6 Å². The van der Waals surface area contributed by atoms with Crippen molar-refractivity contribution < 1.29 is 69.1 Å². The molecular formula is C9H10BF3KNO. The Bertz CT molecular complexity index is 372. The van der Waals surface area contributed by atoms with E-state index >= 15 is 0 Å². The summed E-state index contributed by atoms with van der Waals surface area (Å²) in [7, 11) is 0. The van der Waals surface area contributed by atoms with Crippen LogP contribution in [0, 0.1) is 0 Å². The van der Waals surface area contributed by atoms with Gasteiger partial charge in [0.2, 0.25) is 0 Å². The van der Waals surface area contributed by atoms with E-state index < -0.39 is 12.4 Å². The minimum atomic E-state index is -4.97. The third-order valence-corrected chi connectivity index (χ3v) is 2.37. The summed E-state index contributed by atoms with van der Waals surface area (Å²) in [6.45, 7) is -3.96. The summed E-state index contributed by atoms with van der Waals surface area (Å²) in [6, 6.07) is 4.17. The van der Waals surface area contributed by atoms with E-state index in [1.807, 2.05) is 0 Å². The van der Waals surface area contributed by atoms with E-state index in [9.17, 15) is 12.9 Å². The third kappa shape index (κ3) is 3.24. The molecule has 0 aromatic heterocycles. The molecule has 2 nitrogen and oxygen atoms in total. The van der Waals surface area contributed by atoms with Crippen molar-refractivity contribution in [2.75, 3.05) is 18.5 Å². The molecule has 82 valence electrons. The van der Waals surface area contributed by atoms with Gasteiger partial charge in [-0.25, -0.2) is 0 Å². The van der Waals surface area contributed by atoms with Crippen molar-refractivity contribution in [2.24, 2.45) is 0 Å². The molecule has 1 aromatic carbocycles. The number of halogens is 3. The van der Waals surface area contributed by atoms with Gasteiger partial charge in [0, 0.05) is 12.2 Å². The van der Waals surface area contributed by atoms with Crippen molar-refractivity contribution in [3.63, 3.8) is 0 Å². The molecule has 0 bridgehead atoms. The summed E-state index contributed by atoms with van der Waals surface area (Å²) in [6.07, 6.45) is 0. The van der Waals surface area contributed by atoms with Crippen molar-refractivity contribution in [2.45, 2.75) is 6.61 Å². The number of ether oxygens (including phenoxy) is 1. The molecule has 1 heterocycles. The molecule has 1 aliphatic heterocycles. The Morgan fingerprint density at radius 3 is 2.69 bits per heavy atom. The molecule has 2 rings (SSSR count). The van der Waals surface area contributed by atoms with Crippen LogP contribution in [0.25, 0.3) is 0 Å².